The lowest BCUT2D eigenvalue weighted by Crippen LogP contribution is -2.09. The van der Waals surface area contributed by atoms with Gasteiger partial charge in [-0.3, -0.25) is 0 Å². The first-order valence-electron chi connectivity index (χ1n) is 9.56. The summed E-state index contributed by atoms with van der Waals surface area (Å²) in [6, 6.07) is 8.49. The Balaban J connectivity index is 1.70. The normalized spacial score (nSPS) is 14.4. The van der Waals surface area contributed by atoms with E-state index in [1.165, 1.54) is 17.8 Å². The summed E-state index contributed by atoms with van der Waals surface area (Å²) >= 11 is 2.96. The van der Waals surface area contributed by atoms with Gasteiger partial charge in [0.2, 0.25) is 0 Å². The summed E-state index contributed by atoms with van der Waals surface area (Å²) in [5, 5.41) is 8.78. The first kappa shape index (κ1) is 24.3. The maximum absolute atomic E-state index is 14.0. The van der Waals surface area contributed by atoms with Gasteiger partial charge >= 0.3 is 12.1 Å². The van der Waals surface area contributed by atoms with Crippen LogP contribution in [0.4, 0.5) is 17.6 Å². The van der Waals surface area contributed by atoms with Gasteiger partial charge in [0, 0.05) is 15.6 Å². The number of carbonyl (C=O) groups is 1. The quantitative estimate of drug-likeness (QED) is 0.334. The van der Waals surface area contributed by atoms with Crippen molar-refractivity contribution in [3.05, 3.63) is 75.5 Å². The second kappa shape index (κ2) is 10.0. The van der Waals surface area contributed by atoms with Crippen LogP contribution in [0.3, 0.4) is 0 Å². The van der Waals surface area contributed by atoms with Crippen molar-refractivity contribution in [3.63, 3.8) is 0 Å². The van der Waals surface area contributed by atoms with E-state index in [1.54, 1.807) is 23.9 Å². The van der Waals surface area contributed by atoms with Crippen molar-refractivity contribution in [2.75, 3.05) is 12.4 Å². The fourth-order valence-corrected chi connectivity index (χ4v) is 5.38. The molecule has 0 bridgehead atoms. The van der Waals surface area contributed by atoms with Gasteiger partial charge in [0.1, 0.15) is 11.6 Å². The molecule has 0 radical (unpaired) electrons. The Bertz CT molecular complexity index is 1090. The molecule has 0 saturated carbocycles. The van der Waals surface area contributed by atoms with Gasteiger partial charge in [-0.2, -0.15) is 13.2 Å². The molecule has 1 aliphatic rings. The number of hydrogen-bond donors (Lipinski definition) is 1. The maximum atomic E-state index is 14.0. The van der Waals surface area contributed by atoms with E-state index in [0.717, 1.165) is 33.1 Å². The summed E-state index contributed by atoms with van der Waals surface area (Å²) in [6.45, 7) is 3.45. The molecule has 0 saturated heterocycles. The number of carboxylic acids is 1. The Morgan fingerprint density at radius 3 is 2.59 bits per heavy atom. The molecular weight excluding hydrogens is 464 g/mol. The van der Waals surface area contributed by atoms with Crippen LogP contribution in [-0.2, 0) is 11.0 Å². The maximum Gasteiger partial charge on any atom is 0.419 e. The molecule has 1 heterocycles. The third-order valence-electron chi connectivity index (χ3n) is 4.62. The number of thioether (sulfide) groups is 2. The molecule has 0 aromatic heterocycles. The predicted octanol–water partition coefficient (Wildman–Crippen LogP) is 7.16. The Labute approximate surface area is 191 Å². The van der Waals surface area contributed by atoms with Gasteiger partial charge in [-0.25, -0.2) is 9.18 Å². The zero-order valence-corrected chi connectivity index (χ0v) is 18.9. The summed E-state index contributed by atoms with van der Waals surface area (Å²) < 4.78 is 57.8. The molecule has 0 unspecified atom stereocenters. The highest BCUT2D eigenvalue weighted by Crippen LogP contribution is 2.43. The highest BCUT2D eigenvalue weighted by Gasteiger charge is 2.34. The zero-order valence-electron chi connectivity index (χ0n) is 17.3. The summed E-state index contributed by atoms with van der Waals surface area (Å²) in [6.07, 6.45) is -2.21. The number of allylic oxidation sites excluding steroid dienone is 2. The SMILES string of the molecule is CC1=C(CSc2cc(C)cc(OCC(=O)O)c2)SC(c2ccc(C(F)(F)F)c(F)c2)=CC1. The van der Waals surface area contributed by atoms with Crippen LogP contribution in [0.15, 0.2) is 57.8 Å². The molecule has 170 valence electrons. The van der Waals surface area contributed by atoms with E-state index in [9.17, 15) is 22.4 Å². The number of alkyl halides is 3. The van der Waals surface area contributed by atoms with Crippen LogP contribution >= 0.6 is 23.5 Å². The number of ether oxygens (including phenoxy) is 1. The summed E-state index contributed by atoms with van der Waals surface area (Å²) in [5.74, 6) is -1.26. The molecular formula is C23H20F4O3S2. The van der Waals surface area contributed by atoms with Crippen molar-refractivity contribution < 1.29 is 32.2 Å². The van der Waals surface area contributed by atoms with Crippen LogP contribution in [0.2, 0.25) is 0 Å². The monoisotopic (exact) mass is 484 g/mol. The van der Waals surface area contributed by atoms with Gasteiger partial charge in [0.25, 0.3) is 0 Å². The van der Waals surface area contributed by atoms with Crippen LogP contribution in [0.5, 0.6) is 5.75 Å². The van der Waals surface area contributed by atoms with Gasteiger partial charge in [-0.05, 0) is 66.6 Å². The van der Waals surface area contributed by atoms with Crippen LogP contribution in [-0.4, -0.2) is 23.4 Å². The van der Waals surface area contributed by atoms with Crippen LogP contribution < -0.4 is 4.74 Å². The van der Waals surface area contributed by atoms with Crippen LogP contribution in [0, 0.1) is 12.7 Å². The minimum Gasteiger partial charge on any atom is -0.482 e. The van der Waals surface area contributed by atoms with E-state index in [0.29, 0.717) is 28.4 Å². The number of rotatable bonds is 7. The van der Waals surface area contributed by atoms with Gasteiger partial charge in [-0.1, -0.05) is 29.5 Å². The minimum atomic E-state index is -4.73. The highest BCUT2D eigenvalue weighted by atomic mass is 32.2. The molecule has 0 atom stereocenters. The summed E-state index contributed by atoms with van der Waals surface area (Å²) in [5.41, 5.74) is 1.20. The van der Waals surface area contributed by atoms with Crippen LogP contribution in [0.25, 0.3) is 4.91 Å². The predicted molar refractivity (Wildman–Crippen MR) is 119 cm³/mol. The molecule has 32 heavy (non-hydrogen) atoms. The number of halogens is 4. The zero-order chi connectivity index (χ0) is 23.5. The Morgan fingerprint density at radius 1 is 1.19 bits per heavy atom. The molecule has 2 aromatic rings. The highest BCUT2D eigenvalue weighted by molar-refractivity contribution is 8.13. The van der Waals surface area contributed by atoms with Gasteiger partial charge in [0.05, 0.1) is 5.56 Å². The molecule has 3 nitrogen and oxygen atoms in total. The summed E-state index contributed by atoms with van der Waals surface area (Å²) in [4.78, 5) is 13.4. The molecule has 2 aromatic carbocycles. The van der Waals surface area contributed by atoms with E-state index >= 15 is 0 Å². The number of benzene rings is 2. The van der Waals surface area contributed by atoms with Crippen molar-refractivity contribution in [2.24, 2.45) is 0 Å². The van der Waals surface area contributed by atoms with Gasteiger partial charge < -0.3 is 9.84 Å². The topological polar surface area (TPSA) is 46.5 Å². The third-order valence-corrected chi connectivity index (χ3v) is 7.16. The van der Waals surface area contributed by atoms with E-state index in [4.69, 9.17) is 9.84 Å². The van der Waals surface area contributed by atoms with Crippen LogP contribution in [0.1, 0.15) is 30.0 Å². The van der Waals surface area contributed by atoms with Gasteiger partial charge in [-0.15, -0.1) is 11.8 Å². The van der Waals surface area contributed by atoms with Crippen molar-refractivity contribution in [3.8, 4) is 5.75 Å². The third kappa shape index (κ3) is 6.32. The fraction of sp³-hybridized carbons (Fsp3) is 0.261. The number of carboxylic acid groups (broad SMARTS) is 1. The molecule has 1 aliphatic heterocycles. The summed E-state index contributed by atoms with van der Waals surface area (Å²) in [7, 11) is 0. The van der Waals surface area contributed by atoms with E-state index < -0.39 is 30.1 Å². The second-order valence-electron chi connectivity index (χ2n) is 7.22. The number of hydrogen-bond acceptors (Lipinski definition) is 4. The standard InChI is InChI=1S/C23H20F4O3S2/c1-13-7-16(30-11-22(28)29)10-17(8-13)31-12-21-14(2)3-6-20(32-21)15-4-5-18(19(24)9-15)23(25,26)27/h4-10H,3,11-12H2,1-2H3,(H,28,29). The average Bonchev–Trinajstić information content (AvgIpc) is 2.70. The van der Waals surface area contributed by atoms with E-state index in [-0.39, 0.29) is 0 Å². The first-order valence-corrected chi connectivity index (χ1v) is 11.4. The Hall–Kier alpha value is -2.39. The Morgan fingerprint density at radius 2 is 1.94 bits per heavy atom. The smallest absolute Gasteiger partial charge is 0.419 e. The van der Waals surface area contributed by atoms with Crippen molar-refractivity contribution in [1.29, 1.82) is 0 Å². The lowest BCUT2D eigenvalue weighted by Gasteiger charge is -2.19. The van der Waals surface area contributed by atoms with Crippen molar-refractivity contribution in [1.82, 2.24) is 0 Å². The molecule has 0 spiro atoms. The molecule has 0 aliphatic carbocycles. The number of aryl methyl sites for hydroxylation is 1. The largest absolute Gasteiger partial charge is 0.482 e. The van der Waals surface area contributed by atoms with E-state index in [1.807, 2.05) is 26.0 Å². The molecule has 1 N–H and O–H groups in total. The van der Waals surface area contributed by atoms with Gasteiger partial charge in [0.15, 0.2) is 6.61 Å². The minimum absolute atomic E-state index is 0.412. The average molecular weight is 485 g/mol. The first-order chi connectivity index (χ1) is 15.0. The number of aliphatic carboxylic acids is 1. The molecule has 0 amide bonds. The van der Waals surface area contributed by atoms with Crippen molar-refractivity contribution >= 4 is 34.4 Å². The molecule has 0 fully saturated rings. The van der Waals surface area contributed by atoms with E-state index in [2.05, 4.69) is 0 Å². The Kier molecular flexibility index (Phi) is 7.61. The lowest BCUT2D eigenvalue weighted by molar-refractivity contribution is -0.140. The molecule has 3 rings (SSSR count). The fourth-order valence-electron chi connectivity index (χ4n) is 3.02. The second-order valence-corrected chi connectivity index (χ2v) is 9.41. The lowest BCUT2D eigenvalue weighted by atomic mass is 10.1. The molecule has 9 heteroatoms. The van der Waals surface area contributed by atoms with Crippen molar-refractivity contribution in [2.45, 2.75) is 31.3 Å².